The summed E-state index contributed by atoms with van der Waals surface area (Å²) in [5.74, 6) is -0.228. The van der Waals surface area contributed by atoms with Crippen molar-refractivity contribution in [2.45, 2.75) is 104 Å². The second kappa shape index (κ2) is 18.5. The third kappa shape index (κ3) is 19.7. The molecule has 160 valence electrons. The summed E-state index contributed by atoms with van der Waals surface area (Å²) in [4.78, 5) is 11.3. The van der Waals surface area contributed by atoms with Gasteiger partial charge in [0.1, 0.15) is 13.2 Å². The van der Waals surface area contributed by atoms with Crippen molar-refractivity contribution in [3.63, 3.8) is 0 Å². The van der Waals surface area contributed by atoms with Crippen molar-refractivity contribution in [3.8, 4) is 0 Å². The molecule has 0 spiro atoms. The number of nitrogens with zero attached hydrogens (tertiary/aromatic N) is 1. The third-order valence-electron chi connectivity index (χ3n) is 5.36. The van der Waals surface area contributed by atoms with Crippen LogP contribution in [0.25, 0.3) is 0 Å². The van der Waals surface area contributed by atoms with Crippen LogP contribution in [0, 0.1) is 0 Å². The molecule has 0 rings (SSSR count). The summed E-state index contributed by atoms with van der Waals surface area (Å²) >= 11 is 0. The normalized spacial score (nSPS) is 12.0. The molecule has 0 radical (unpaired) electrons. The number of esters is 1. The summed E-state index contributed by atoms with van der Waals surface area (Å²) in [6.45, 7) is 6.68. The summed E-state index contributed by atoms with van der Waals surface area (Å²) in [7, 11) is 4.46. The first kappa shape index (κ1) is 26.2. The van der Waals surface area contributed by atoms with Crippen molar-refractivity contribution in [1.82, 2.24) is 0 Å². The summed E-state index contributed by atoms with van der Waals surface area (Å²) < 4.78 is 6.13. The van der Waals surface area contributed by atoms with E-state index in [1.165, 1.54) is 103 Å². The van der Waals surface area contributed by atoms with E-state index in [0.29, 0.717) is 6.61 Å². The van der Waals surface area contributed by atoms with Crippen molar-refractivity contribution < 1.29 is 14.0 Å². The van der Waals surface area contributed by atoms with Crippen LogP contribution in [-0.4, -0.2) is 44.2 Å². The lowest BCUT2D eigenvalue weighted by atomic mass is 10.0. The van der Waals surface area contributed by atoms with Gasteiger partial charge in [0, 0.05) is 6.08 Å². The minimum absolute atomic E-state index is 0.228. The quantitative estimate of drug-likeness (QED) is 0.108. The number of likely N-dealkylation sites (N-methyl/N-ethyl adjacent to an activating group) is 1. The van der Waals surface area contributed by atoms with Crippen LogP contribution in [0.15, 0.2) is 12.2 Å². The third-order valence-corrected chi connectivity index (χ3v) is 5.36. The zero-order chi connectivity index (χ0) is 20.2. The molecular weight excluding hydrogens is 334 g/mol. The highest BCUT2D eigenvalue weighted by molar-refractivity contribution is 5.81. The molecule has 0 saturated heterocycles. The molecular formula is C24H48NO2+. The Labute approximate surface area is 170 Å². The van der Waals surface area contributed by atoms with Gasteiger partial charge in [0.15, 0.2) is 0 Å². The van der Waals surface area contributed by atoms with Crippen LogP contribution >= 0.6 is 0 Å². The first-order valence-electron chi connectivity index (χ1n) is 11.6. The summed E-state index contributed by atoms with van der Waals surface area (Å²) in [6, 6.07) is 0. The summed E-state index contributed by atoms with van der Waals surface area (Å²) in [6.07, 6.45) is 22.8. The molecule has 0 heterocycles. The van der Waals surface area contributed by atoms with Crippen LogP contribution in [0.2, 0.25) is 0 Å². The molecule has 0 aliphatic heterocycles. The molecule has 3 heteroatoms. The van der Waals surface area contributed by atoms with E-state index in [2.05, 4.69) is 21.0 Å². The highest BCUT2D eigenvalue weighted by atomic mass is 16.5. The number of hydrogen-bond donors (Lipinski definition) is 0. The zero-order valence-electron chi connectivity index (χ0n) is 18.9. The van der Waals surface area contributed by atoms with Crippen LogP contribution < -0.4 is 0 Å². The molecule has 0 bridgehead atoms. The Morgan fingerprint density at radius 2 is 1.19 bits per heavy atom. The highest BCUT2D eigenvalue weighted by Gasteiger charge is 2.14. The summed E-state index contributed by atoms with van der Waals surface area (Å²) in [5, 5.41) is 0. The Kier molecular flexibility index (Phi) is 18.0. The first-order chi connectivity index (χ1) is 13.0. The van der Waals surface area contributed by atoms with Gasteiger partial charge in [-0.2, -0.15) is 0 Å². The van der Waals surface area contributed by atoms with E-state index >= 15 is 0 Å². The van der Waals surface area contributed by atoms with Crippen LogP contribution in [0.3, 0.4) is 0 Å². The van der Waals surface area contributed by atoms with Gasteiger partial charge in [-0.1, -0.05) is 90.0 Å². The van der Waals surface area contributed by atoms with E-state index in [1.54, 1.807) is 6.08 Å². The van der Waals surface area contributed by atoms with Gasteiger partial charge in [-0.25, -0.2) is 4.79 Å². The van der Waals surface area contributed by atoms with E-state index in [-0.39, 0.29) is 5.97 Å². The average molecular weight is 383 g/mol. The molecule has 0 N–H and O–H groups in total. The van der Waals surface area contributed by atoms with Crippen molar-refractivity contribution in [1.29, 1.82) is 0 Å². The molecule has 0 aliphatic rings. The molecule has 0 saturated carbocycles. The first-order valence-corrected chi connectivity index (χ1v) is 11.6. The van der Waals surface area contributed by atoms with Gasteiger partial charge in [-0.15, -0.1) is 0 Å². The smallest absolute Gasteiger partial charge is 0.330 e. The van der Waals surface area contributed by atoms with Gasteiger partial charge in [0.05, 0.1) is 20.6 Å². The van der Waals surface area contributed by atoms with E-state index in [9.17, 15) is 4.79 Å². The molecule has 0 atom stereocenters. The van der Waals surface area contributed by atoms with Crippen LogP contribution in [0.5, 0.6) is 0 Å². The molecule has 0 aliphatic carbocycles. The minimum atomic E-state index is -0.228. The van der Waals surface area contributed by atoms with E-state index in [4.69, 9.17) is 4.74 Å². The SMILES string of the molecule is CC=CC(=O)OCC[N+](C)(C)CCCCCCCCCCCCCCCC. The Bertz CT molecular complexity index is 363. The maximum atomic E-state index is 11.3. The molecule has 3 nitrogen and oxygen atoms in total. The number of carbonyl (C=O) groups is 1. The van der Waals surface area contributed by atoms with Crippen molar-refractivity contribution >= 4 is 5.97 Å². The van der Waals surface area contributed by atoms with Gasteiger partial charge in [0.2, 0.25) is 0 Å². The van der Waals surface area contributed by atoms with Crippen LogP contribution in [0.4, 0.5) is 0 Å². The van der Waals surface area contributed by atoms with Gasteiger partial charge < -0.3 is 9.22 Å². The predicted molar refractivity (Wildman–Crippen MR) is 118 cm³/mol. The number of quaternary nitrogens is 1. The van der Waals surface area contributed by atoms with E-state index in [0.717, 1.165) is 11.0 Å². The fourth-order valence-corrected chi connectivity index (χ4v) is 3.42. The van der Waals surface area contributed by atoms with Gasteiger partial charge >= 0.3 is 5.97 Å². The molecule has 27 heavy (non-hydrogen) atoms. The molecule has 0 aromatic carbocycles. The molecule has 0 aromatic rings. The number of carbonyl (C=O) groups excluding carboxylic acids is 1. The molecule has 0 fully saturated rings. The molecule has 0 aromatic heterocycles. The second-order valence-electron chi connectivity index (χ2n) is 8.65. The lowest BCUT2D eigenvalue weighted by molar-refractivity contribution is -0.890. The lowest BCUT2D eigenvalue weighted by Gasteiger charge is -2.29. The fourth-order valence-electron chi connectivity index (χ4n) is 3.42. The minimum Gasteiger partial charge on any atom is -0.457 e. The number of rotatable bonds is 19. The van der Waals surface area contributed by atoms with Crippen molar-refractivity contribution in [3.05, 3.63) is 12.2 Å². The Balaban J connectivity index is 3.36. The van der Waals surface area contributed by atoms with Crippen molar-refractivity contribution in [2.75, 3.05) is 33.8 Å². The van der Waals surface area contributed by atoms with Crippen LogP contribution in [-0.2, 0) is 9.53 Å². The van der Waals surface area contributed by atoms with Crippen LogP contribution in [0.1, 0.15) is 104 Å². The predicted octanol–water partition coefficient (Wildman–Crippen LogP) is 6.66. The Morgan fingerprint density at radius 3 is 1.63 bits per heavy atom. The molecule has 0 amide bonds. The zero-order valence-corrected chi connectivity index (χ0v) is 18.9. The van der Waals surface area contributed by atoms with Gasteiger partial charge in [0.25, 0.3) is 0 Å². The maximum absolute atomic E-state index is 11.3. The number of hydrogen-bond acceptors (Lipinski definition) is 2. The maximum Gasteiger partial charge on any atom is 0.330 e. The number of allylic oxidation sites excluding steroid dienone is 1. The van der Waals surface area contributed by atoms with Gasteiger partial charge in [-0.3, -0.25) is 0 Å². The lowest BCUT2D eigenvalue weighted by Crippen LogP contribution is -2.43. The second-order valence-corrected chi connectivity index (χ2v) is 8.65. The van der Waals surface area contributed by atoms with Crippen molar-refractivity contribution in [2.24, 2.45) is 0 Å². The van der Waals surface area contributed by atoms with Gasteiger partial charge in [-0.05, 0) is 19.8 Å². The van der Waals surface area contributed by atoms with E-state index < -0.39 is 0 Å². The summed E-state index contributed by atoms with van der Waals surface area (Å²) in [5.41, 5.74) is 0. The average Bonchev–Trinajstić information content (AvgIpc) is 2.62. The Hall–Kier alpha value is -0.830. The number of ether oxygens (including phenoxy) is 1. The largest absolute Gasteiger partial charge is 0.457 e. The standard InChI is InChI=1S/C24H48NO2/c1-5-7-8-9-10-11-12-13-14-15-16-17-18-19-21-25(3,4)22-23-27-24(26)20-6-2/h6,20H,5,7-19,21-23H2,1-4H3/q+1. The number of unbranched alkanes of at least 4 members (excludes halogenated alkanes) is 13. The van der Waals surface area contributed by atoms with E-state index in [1.807, 2.05) is 6.92 Å². The highest BCUT2D eigenvalue weighted by Crippen LogP contribution is 2.13. The topological polar surface area (TPSA) is 26.3 Å². The molecule has 0 unspecified atom stereocenters. The Morgan fingerprint density at radius 1 is 0.741 bits per heavy atom. The fraction of sp³-hybridized carbons (Fsp3) is 0.875. The monoisotopic (exact) mass is 382 g/mol.